The van der Waals surface area contributed by atoms with Gasteiger partial charge in [-0.05, 0) is 36.2 Å². The quantitative estimate of drug-likeness (QED) is 0.680. The Morgan fingerprint density at radius 3 is 2.74 bits per heavy atom. The number of rotatable bonds is 7. The summed E-state index contributed by atoms with van der Waals surface area (Å²) < 4.78 is 0. The molecule has 4 nitrogen and oxygen atoms in total. The van der Waals surface area contributed by atoms with Crippen LogP contribution in [0.4, 0.5) is 11.4 Å². The number of benzene rings is 2. The first-order valence-electron chi connectivity index (χ1n) is 7.61. The van der Waals surface area contributed by atoms with Crippen molar-refractivity contribution >= 4 is 28.9 Å². The number of halogens is 1. The number of nitrogens with one attached hydrogen (secondary N) is 2. The Kier molecular flexibility index (Phi) is 6.44. The Hall–Kier alpha value is -2.04. The van der Waals surface area contributed by atoms with Crippen LogP contribution >= 0.6 is 11.6 Å². The van der Waals surface area contributed by atoms with E-state index in [9.17, 15) is 9.90 Å². The van der Waals surface area contributed by atoms with E-state index in [0.29, 0.717) is 12.1 Å². The summed E-state index contributed by atoms with van der Waals surface area (Å²) in [5, 5.41) is 15.5. The van der Waals surface area contributed by atoms with Gasteiger partial charge in [0.05, 0.1) is 12.0 Å². The van der Waals surface area contributed by atoms with Crippen LogP contribution in [0.5, 0.6) is 0 Å². The average molecular weight is 333 g/mol. The van der Waals surface area contributed by atoms with Crippen LogP contribution in [0, 0.1) is 0 Å². The lowest BCUT2D eigenvalue weighted by molar-refractivity contribution is 0.102. The molecule has 0 aromatic heterocycles. The van der Waals surface area contributed by atoms with E-state index in [-0.39, 0.29) is 11.8 Å². The third kappa shape index (κ3) is 4.98. The van der Waals surface area contributed by atoms with Gasteiger partial charge in [-0.2, -0.15) is 0 Å². The normalized spacial score (nSPS) is 11.8. The van der Waals surface area contributed by atoms with Gasteiger partial charge >= 0.3 is 0 Å². The summed E-state index contributed by atoms with van der Waals surface area (Å²) in [7, 11) is 0. The molecular weight excluding hydrogens is 312 g/mol. The highest BCUT2D eigenvalue weighted by Gasteiger charge is 2.09. The van der Waals surface area contributed by atoms with Gasteiger partial charge in [0.2, 0.25) is 0 Å². The number of carbonyl (C=O) groups is 1. The number of aliphatic hydroxyl groups is 1. The first-order chi connectivity index (χ1) is 11.1. The summed E-state index contributed by atoms with van der Waals surface area (Å²) in [6.45, 7) is 2.39. The van der Waals surface area contributed by atoms with Crippen LogP contribution in [-0.4, -0.2) is 29.5 Å². The lowest BCUT2D eigenvalue weighted by Gasteiger charge is -2.12. The Labute approximate surface area is 141 Å². The molecule has 122 valence electrons. The molecule has 3 N–H and O–H groups in total. The van der Waals surface area contributed by atoms with E-state index in [1.807, 2.05) is 30.3 Å². The first kappa shape index (κ1) is 17.3. The number of anilines is 2. The number of para-hydroxylation sites is 1. The van der Waals surface area contributed by atoms with Crippen LogP contribution in [-0.2, 0) is 6.42 Å². The minimum absolute atomic E-state index is 0.160. The molecule has 2 aromatic carbocycles. The van der Waals surface area contributed by atoms with Gasteiger partial charge in [0.15, 0.2) is 0 Å². The summed E-state index contributed by atoms with van der Waals surface area (Å²) in [5.41, 5.74) is 3.25. The summed E-state index contributed by atoms with van der Waals surface area (Å²) in [5.74, 6) is 0.00786. The second-order valence-corrected chi connectivity index (χ2v) is 5.54. The third-order valence-electron chi connectivity index (χ3n) is 3.49. The van der Waals surface area contributed by atoms with Crippen molar-refractivity contribution < 1.29 is 9.90 Å². The zero-order valence-corrected chi connectivity index (χ0v) is 13.8. The fourth-order valence-corrected chi connectivity index (χ4v) is 2.31. The molecule has 0 aliphatic carbocycles. The number of aryl methyl sites for hydroxylation is 1. The second kappa shape index (κ2) is 8.56. The molecule has 1 unspecified atom stereocenters. The molecule has 0 aliphatic heterocycles. The largest absolute Gasteiger partial charge is 0.390 e. The number of amides is 1. The fraction of sp³-hybridized carbons (Fsp3) is 0.278. The number of alkyl halides is 1. The maximum Gasteiger partial charge on any atom is 0.255 e. The van der Waals surface area contributed by atoms with Crippen LogP contribution in [0.1, 0.15) is 22.8 Å². The number of carbonyl (C=O) groups excluding carboxylic acids is 1. The van der Waals surface area contributed by atoms with E-state index in [1.165, 1.54) is 0 Å². The van der Waals surface area contributed by atoms with Crippen LogP contribution in [0.25, 0.3) is 0 Å². The highest BCUT2D eigenvalue weighted by molar-refractivity contribution is 6.18. The SMILES string of the molecule is CCc1ccccc1NC(=O)c1cccc(NCC(O)CCl)c1. The molecule has 5 heteroatoms. The minimum atomic E-state index is -0.620. The van der Waals surface area contributed by atoms with Gasteiger partial charge < -0.3 is 15.7 Å². The van der Waals surface area contributed by atoms with Gasteiger partial charge in [0.1, 0.15) is 0 Å². The first-order valence-corrected chi connectivity index (χ1v) is 8.14. The Morgan fingerprint density at radius 1 is 1.22 bits per heavy atom. The summed E-state index contributed by atoms with van der Waals surface area (Å²) in [6, 6.07) is 14.9. The zero-order chi connectivity index (χ0) is 16.7. The van der Waals surface area contributed by atoms with E-state index in [4.69, 9.17) is 11.6 Å². The van der Waals surface area contributed by atoms with Crippen LogP contribution in [0.2, 0.25) is 0 Å². The van der Waals surface area contributed by atoms with Crippen molar-refractivity contribution in [3.05, 3.63) is 59.7 Å². The maximum absolute atomic E-state index is 12.4. The number of hydrogen-bond acceptors (Lipinski definition) is 3. The molecule has 2 rings (SSSR count). The van der Waals surface area contributed by atoms with Crippen molar-refractivity contribution in [2.24, 2.45) is 0 Å². The molecule has 0 bridgehead atoms. The van der Waals surface area contributed by atoms with Gasteiger partial charge in [-0.25, -0.2) is 0 Å². The predicted molar refractivity (Wildman–Crippen MR) is 95.4 cm³/mol. The molecule has 0 radical (unpaired) electrons. The van der Waals surface area contributed by atoms with E-state index in [0.717, 1.165) is 23.4 Å². The van der Waals surface area contributed by atoms with Gasteiger partial charge in [0.25, 0.3) is 5.91 Å². The van der Waals surface area contributed by atoms with Gasteiger partial charge in [-0.3, -0.25) is 4.79 Å². The highest BCUT2D eigenvalue weighted by Crippen LogP contribution is 2.18. The smallest absolute Gasteiger partial charge is 0.255 e. The molecule has 0 aliphatic rings. The van der Waals surface area contributed by atoms with Crippen molar-refractivity contribution in [1.82, 2.24) is 0 Å². The summed E-state index contributed by atoms with van der Waals surface area (Å²) in [6.07, 6.45) is 0.236. The van der Waals surface area contributed by atoms with Crippen molar-refractivity contribution in [1.29, 1.82) is 0 Å². The molecule has 1 atom stereocenters. The summed E-state index contributed by atoms with van der Waals surface area (Å²) >= 11 is 5.56. The van der Waals surface area contributed by atoms with Crippen LogP contribution in [0.15, 0.2) is 48.5 Å². The van der Waals surface area contributed by atoms with Crippen LogP contribution < -0.4 is 10.6 Å². The van der Waals surface area contributed by atoms with Gasteiger partial charge in [-0.15, -0.1) is 11.6 Å². The number of aliphatic hydroxyl groups excluding tert-OH is 1. The molecule has 0 saturated heterocycles. The average Bonchev–Trinajstić information content (AvgIpc) is 2.60. The van der Waals surface area contributed by atoms with E-state index < -0.39 is 6.10 Å². The predicted octanol–water partition coefficient (Wildman–Crippen LogP) is 3.51. The molecule has 0 saturated carbocycles. The van der Waals surface area contributed by atoms with Crippen LogP contribution in [0.3, 0.4) is 0 Å². The van der Waals surface area contributed by atoms with Crippen molar-refractivity contribution in [3.63, 3.8) is 0 Å². The maximum atomic E-state index is 12.4. The zero-order valence-electron chi connectivity index (χ0n) is 13.1. The van der Waals surface area contributed by atoms with E-state index >= 15 is 0 Å². The van der Waals surface area contributed by atoms with Gasteiger partial charge in [-0.1, -0.05) is 31.2 Å². The second-order valence-electron chi connectivity index (χ2n) is 5.23. The minimum Gasteiger partial charge on any atom is -0.390 e. The molecule has 23 heavy (non-hydrogen) atoms. The lowest BCUT2D eigenvalue weighted by atomic mass is 10.1. The monoisotopic (exact) mass is 332 g/mol. The standard InChI is InChI=1S/C18H21ClN2O2/c1-2-13-6-3-4-9-17(13)21-18(23)14-7-5-8-15(10-14)20-12-16(22)11-19/h3-10,16,20,22H,2,11-12H2,1H3,(H,21,23). The molecule has 1 amide bonds. The Morgan fingerprint density at radius 2 is 2.00 bits per heavy atom. The van der Waals surface area contributed by atoms with E-state index in [1.54, 1.807) is 18.2 Å². The van der Waals surface area contributed by atoms with Crippen molar-refractivity contribution in [3.8, 4) is 0 Å². The molecule has 0 heterocycles. The lowest BCUT2D eigenvalue weighted by Crippen LogP contribution is -2.21. The third-order valence-corrected chi connectivity index (χ3v) is 3.85. The molecule has 0 spiro atoms. The van der Waals surface area contributed by atoms with Gasteiger partial charge in [0, 0.05) is 23.5 Å². The van der Waals surface area contributed by atoms with Crippen molar-refractivity contribution in [2.75, 3.05) is 23.1 Å². The summed E-state index contributed by atoms with van der Waals surface area (Å²) in [4.78, 5) is 12.4. The topological polar surface area (TPSA) is 61.4 Å². The Bertz CT molecular complexity index is 661. The molecular formula is C18H21ClN2O2. The number of hydrogen-bond donors (Lipinski definition) is 3. The highest BCUT2D eigenvalue weighted by atomic mass is 35.5. The molecule has 2 aromatic rings. The van der Waals surface area contributed by atoms with E-state index in [2.05, 4.69) is 17.6 Å². The Balaban J connectivity index is 2.07. The van der Waals surface area contributed by atoms with Crippen molar-refractivity contribution in [2.45, 2.75) is 19.4 Å². The molecule has 0 fully saturated rings. The fourth-order valence-electron chi connectivity index (χ4n) is 2.21.